The van der Waals surface area contributed by atoms with Crippen LogP contribution in [0.5, 0.6) is 0 Å². The normalized spacial score (nSPS) is 34.8. The van der Waals surface area contributed by atoms with Crippen LogP contribution in [-0.2, 0) is 40.2 Å². The Balaban J connectivity index is 0.000000689. The van der Waals surface area contributed by atoms with Crippen molar-refractivity contribution in [2.45, 2.75) is 192 Å². The van der Waals surface area contributed by atoms with Gasteiger partial charge in [0.15, 0.2) is 0 Å². The first-order valence-electron chi connectivity index (χ1n) is 21.3. The minimum Gasteiger partial charge on any atom is -0.748 e. The maximum atomic E-state index is 2.86. The summed E-state index contributed by atoms with van der Waals surface area (Å²) in [5.41, 5.74) is 9.71. The molecule has 10 rings (SSSR count). The van der Waals surface area contributed by atoms with Gasteiger partial charge in [-0.25, -0.2) is 6.07 Å². The van der Waals surface area contributed by atoms with Crippen molar-refractivity contribution in [1.82, 2.24) is 0 Å². The molecule has 0 saturated heterocycles. The number of rotatable bonds is 6. The average Bonchev–Trinajstić information content (AvgIpc) is 3.65. The Morgan fingerprint density at radius 2 is 0.902 bits per heavy atom. The Bertz CT molecular complexity index is 1300. The molecule has 0 N–H and O–H groups in total. The van der Waals surface area contributed by atoms with Crippen LogP contribution in [0.3, 0.4) is 0 Å². The summed E-state index contributed by atoms with van der Waals surface area (Å²) in [6.07, 6.45) is 18.9. The van der Waals surface area contributed by atoms with Crippen LogP contribution in [0.2, 0.25) is 0 Å². The van der Waals surface area contributed by atoms with Crippen LogP contribution in [0.1, 0.15) is 170 Å². The largest absolute Gasteiger partial charge is 0.748 e. The van der Waals surface area contributed by atoms with E-state index in [9.17, 15) is 0 Å². The van der Waals surface area contributed by atoms with Gasteiger partial charge in [-0.2, -0.15) is 16.7 Å². The van der Waals surface area contributed by atoms with E-state index in [-0.39, 0.29) is 43.7 Å². The minimum atomic E-state index is -0.187. The van der Waals surface area contributed by atoms with E-state index in [1.165, 1.54) is 12.3 Å². The van der Waals surface area contributed by atoms with Crippen LogP contribution < -0.4 is 0 Å². The van der Waals surface area contributed by atoms with Gasteiger partial charge in [0.25, 0.3) is 0 Å². The summed E-state index contributed by atoms with van der Waals surface area (Å²) in [5, 5.41) is 0.708. The van der Waals surface area contributed by atoms with E-state index in [1.807, 2.05) is 41.5 Å². The van der Waals surface area contributed by atoms with E-state index in [0.717, 1.165) is 58.7 Å². The van der Waals surface area contributed by atoms with Gasteiger partial charge in [-0.1, -0.05) is 103 Å². The van der Waals surface area contributed by atoms with Gasteiger partial charge in [0, 0.05) is 17.1 Å². The predicted molar refractivity (Wildman–Crippen MR) is 224 cm³/mol. The Kier molecular flexibility index (Phi) is 11.9. The molecule has 0 radical (unpaired) electrons. The average molecular weight is 771 g/mol. The molecule has 0 unspecified atom stereocenters. The summed E-state index contributed by atoms with van der Waals surface area (Å²) in [6.45, 7) is 30.5. The van der Waals surface area contributed by atoms with Crippen molar-refractivity contribution >= 4 is 15.8 Å². The third-order valence-corrected chi connectivity index (χ3v) is 22.6. The van der Waals surface area contributed by atoms with E-state index in [1.54, 1.807) is 75.3 Å². The molecule has 0 spiro atoms. The van der Waals surface area contributed by atoms with Gasteiger partial charge < -0.3 is 30.3 Å². The maximum Gasteiger partial charge on any atom is 0 e. The van der Waals surface area contributed by atoms with E-state index >= 15 is 0 Å². The zero-order valence-electron chi connectivity index (χ0n) is 35.0. The van der Waals surface area contributed by atoms with Gasteiger partial charge >= 0.3 is 0 Å². The van der Waals surface area contributed by atoms with Crippen molar-refractivity contribution in [1.29, 1.82) is 0 Å². The van der Waals surface area contributed by atoms with Crippen molar-refractivity contribution < 1.29 is 17.1 Å². The van der Waals surface area contributed by atoms with Gasteiger partial charge in [0.2, 0.25) is 0 Å². The fourth-order valence-electron chi connectivity index (χ4n) is 13.9. The molecule has 0 aliphatic heterocycles. The first kappa shape index (κ1) is 40.7. The van der Waals surface area contributed by atoms with Crippen LogP contribution in [0.15, 0.2) is 36.4 Å². The number of hydrogen-bond donors (Lipinski definition) is 0. The standard InChI is InChI=1S/C43H71P2.C5H5.Fe/c1-40(2,3)36-23-34(35(37(36)41(4,5)6)25-45(42(7,8)9)43(10,11)12)24-44(38-30-15-26-13-27(17-30)18-31(38)16-26)39-32-19-28-14-29(21-32)22-33(39)20-28;1-2-4-5-3-1;/h23,26-33,38-39H,13-22,24-25H2,1-12H3;1-5H;/q-1;-5;. The number of hydrogen-bond acceptors (Lipinski definition) is 0. The van der Waals surface area contributed by atoms with E-state index < -0.39 is 0 Å². The summed E-state index contributed by atoms with van der Waals surface area (Å²) >= 11 is 0. The monoisotopic (exact) mass is 770 g/mol. The SMILES string of the molecule is CC(C)(C)c1cc(CP(C2C3CC4CC(C3)CC2C4)C2C3CC4CC(C3)CC2C4)[c-](CP(C(C)(C)C)C(C)(C)C)c1C(C)(C)C.[Fe].[cH-]1[cH-][cH-][cH-][cH-]1. The molecule has 0 nitrogen and oxygen atoms in total. The molecule has 0 aromatic heterocycles. The predicted octanol–water partition coefficient (Wildman–Crippen LogP) is 14.6. The molecule has 51 heavy (non-hydrogen) atoms. The molecule has 8 saturated carbocycles. The van der Waals surface area contributed by atoms with Crippen molar-refractivity contribution in [3.63, 3.8) is 0 Å². The molecule has 8 fully saturated rings. The molecule has 2 aromatic rings. The van der Waals surface area contributed by atoms with Crippen molar-refractivity contribution in [2.24, 2.45) is 47.3 Å². The van der Waals surface area contributed by atoms with Crippen LogP contribution >= 0.6 is 15.8 Å². The quantitative estimate of drug-likeness (QED) is 0.156. The fourth-order valence-corrected chi connectivity index (χ4v) is 22.1. The second-order valence-electron chi connectivity index (χ2n) is 22.8. The molecule has 3 heteroatoms. The zero-order chi connectivity index (χ0) is 36.0. The van der Waals surface area contributed by atoms with E-state index in [2.05, 4.69) is 89.2 Å². The Hall–Kier alpha value is 0.0795. The first-order chi connectivity index (χ1) is 23.3. The van der Waals surface area contributed by atoms with Crippen LogP contribution in [0, 0.1) is 47.3 Å². The van der Waals surface area contributed by atoms with Gasteiger partial charge in [-0.3, -0.25) is 0 Å². The molecule has 0 atom stereocenters. The van der Waals surface area contributed by atoms with Crippen LogP contribution in [0.25, 0.3) is 0 Å². The van der Waals surface area contributed by atoms with Gasteiger partial charge in [-0.15, -0.1) is 13.5 Å². The summed E-state index contributed by atoms with van der Waals surface area (Å²) in [5.74, 6) is 8.68. The maximum absolute atomic E-state index is 2.86. The molecular weight excluding hydrogens is 694 g/mol. The van der Waals surface area contributed by atoms with Crippen molar-refractivity contribution in [3.05, 3.63) is 58.7 Å². The van der Waals surface area contributed by atoms with Crippen molar-refractivity contribution in [2.75, 3.05) is 0 Å². The summed E-state index contributed by atoms with van der Waals surface area (Å²) < 4.78 is 0. The third-order valence-electron chi connectivity index (χ3n) is 14.8. The van der Waals surface area contributed by atoms with Gasteiger partial charge in [0.05, 0.1) is 0 Å². The topological polar surface area (TPSA) is 0 Å². The molecule has 292 valence electrons. The first-order valence-corrected chi connectivity index (χ1v) is 24.5. The molecule has 8 bridgehead atoms. The van der Waals surface area contributed by atoms with Crippen LogP contribution in [0.4, 0.5) is 0 Å². The molecular formula is C48H76FeP2-6. The third kappa shape index (κ3) is 8.45. The molecule has 8 aliphatic rings. The molecule has 0 amide bonds. The second-order valence-corrected chi connectivity index (χ2v) is 29.2. The van der Waals surface area contributed by atoms with Crippen LogP contribution in [-0.4, -0.2) is 21.6 Å². The van der Waals surface area contributed by atoms with E-state index in [0.29, 0.717) is 10.3 Å². The minimum absolute atomic E-state index is 0. The molecule has 8 aliphatic carbocycles. The summed E-state index contributed by atoms with van der Waals surface area (Å²) in [6, 6.07) is 12.9. The smallest absolute Gasteiger partial charge is 0 e. The zero-order valence-corrected chi connectivity index (χ0v) is 37.9. The Morgan fingerprint density at radius 1 is 0.549 bits per heavy atom. The van der Waals surface area contributed by atoms with Crippen molar-refractivity contribution in [3.8, 4) is 0 Å². The Morgan fingerprint density at radius 3 is 1.20 bits per heavy atom. The van der Waals surface area contributed by atoms with Gasteiger partial charge in [0.1, 0.15) is 0 Å². The fraction of sp³-hybridized carbons (Fsp3) is 0.792. The summed E-state index contributed by atoms with van der Waals surface area (Å²) in [7, 11) is -0.185. The van der Waals surface area contributed by atoms with E-state index in [4.69, 9.17) is 0 Å². The molecule has 0 heterocycles. The summed E-state index contributed by atoms with van der Waals surface area (Å²) in [4.78, 5) is 0. The Labute approximate surface area is 329 Å². The second kappa shape index (κ2) is 14.9. The molecule has 2 aromatic carbocycles. The van der Waals surface area contributed by atoms with Gasteiger partial charge in [-0.05, 0) is 145 Å².